The van der Waals surface area contributed by atoms with E-state index in [1.54, 1.807) is 12.4 Å². The fourth-order valence-corrected chi connectivity index (χ4v) is 2.97. The Bertz CT molecular complexity index is 671. The number of carbonyl (C=O) groups is 1. The molecule has 1 N–H and O–H groups in total. The van der Waals surface area contributed by atoms with E-state index in [1.165, 1.54) is 0 Å². The Labute approximate surface area is 150 Å². The Morgan fingerprint density at radius 1 is 1.12 bits per heavy atom. The third-order valence-corrected chi connectivity index (χ3v) is 4.72. The van der Waals surface area contributed by atoms with E-state index in [9.17, 15) is 4.79 Å². The van der Waals surface area contributed by atoms with Crippen molar-refractivity contribution >= 4 is 33.5 Å². The number of anilines is 2. The summed E-state index contributed by atoms with van der Waals surface area (Å²) in [6.07, 6.45) is 3.51. The molecule has 1 atom stereocenters. The quantitative estimate of drug-likeness (QED) is 0.869. The number of aromatic nitrogens is 2. The fourth-order valence-electron chi connectivity index (χ4n) is 2.71. The van der Waals surface area contributed by atoms with Gasteiger partial charge >= 0.3 is 0 Å². The lowest BCUT2D eigenvalue weighted by atomic mass is 10.2. The molecule has 1 saturated heterocycles. The summed E-state index contributed by atoms with van der Waals surface area (Å²) in [6, 6.07) is 9.25. The van der Waals surface area contributed by atoms with Gasteiger partial charge in [0, 0.05) is 48.7 Å². The number of nitrogens with zero attached hydrogens (tertiary/aromatic N) is 4. The van der Waals surface area contributed by atoms with E-state index in [2.05, 4.69) is 41.0 Å². The van der Waals surface area contributed by atoms with Crippen LogP contribution in [0.2, 0.25) is 0 Å². The first kappa shape index (κ1) is 16.9. The maximum atomic E-state index is 12.4. The van der Waals surface area contributed by atoms with E-state index < -0.39 is 0 Å². The highest BCUT2D eigenvalue weighted by molar-refractivity contribution is 9.10. The first-order valence-corrected chi connectivity index (χ1v) is 8.75. The summed E-state index contributed by atoms with van der Waals surface area (Å²) in [7, 11) is 0. The molecule has 2 aromatic rings. The van der Waals surface area contributed by atoms with E-state index in [1.807, 2.05) is 37.3 Å². The number of rotatable bonds is 4. The predicted molar refractivity (Wildman–Crippen MR) is 98.1 cm³/mol. The van der Waals surface area contributed by atoms with Crippen LogP contribution in [-0.4, -0.2) is 53.0 Å². The van der Waals surface area contributed by atoms with Gasteiger partial charge in [0.25, 0.3) is 0 Å². The van der Waals surface area contributed by atoms with Crippen molar-refractivity contribution in [2.24, 2.45) is 0 Å². The lowest BCUT2D eigenvalue weighted by Crippen LogP contribution is -2.53. The van der Waals surface area contributed by atoms with Gasteiger partial charge < -0.3 is 10.2 Å². The lowest BCUT2D eigenvalue weighted by Gasteiger charge is -2.37. The molecule has 0 spiro atoms. The van der Waals surface area contributed by atoms with Crippen LogP contribution in [-0.2, 0) is 4.79 Å². The Kier molecular flexibility index (Phi) is 5.42. The molecule has 126 valence electrons. The van der Waals surface area contributed by atoms with Gasteiger partial charge in [-0.05, 0) is 37.3 Å². The molecule has 1 aliphatic heterocycles. The van der Waals surface area contributed by atoms with Crippen LogP contribution in [0.3, 0.4) is 0 Å². The predicted octanol–water partition coefficient (Wildman–Crippen LogP) is 2.39. The first-order valence-electron chi connectivity index (χ1n) is 7.96. The van der Waals surface area contributed by atoms with Crippen LogP contribution in [0.1, 0.15) is 6.92 Å². The van der Waals surface area contributed by atoms with E-state index in [4.69, 9.17) is 0 Å². The molecule has 24 heavy (non-hydrogen) atoms. The molecule has 1 amide bonds. The number of nitrogens with one attached hydrogen (secondary N) is 1. The molecule has 0 saturated carbocycles. The third-order valence-electron chi connectivity index (χ3n) is 4.19. The second kappa shape index (κ2) is 7.72. The summed E-state index contributed by atoms with van der Waals surface area (Å²) in [5.41, 5.74) is 0.811. The Hall–Kier alpha value is -1.99. The second-order valence-electron chi connectivity index (χ2n) is 5.74. The summed E-state index contributed by atoms with van der Waals surface area (Å²) < 4.78 is 0.993. The van der Waals surface area contributed by atoms with Gasteiger partial charge in [0.15, 0.2) is 0 Å². The minimum Gasteiger partial charge on any atom is -0.338 e. The lowest BCUT2D eigenvalue weighted by molar-refractivity contribution is -0.120. The molecule has 1 aromatic heterocycles. The molecular formula is C17H20BrN5O. The Morgan fingerprint density at radius 2 is 1.75 bits per heavy atom. The third kappa shape index (κ3) is 4.10. The van der Waals surface area contributed by atoms with Gasteiger partial charge in [-0.2, -0.15) is 0 Å². The minimum absolute atomic E-state index is 0.0155. The number of hydrogen-bond donors (Lipinski definition) is 1. The Balaban J connectivity index is 1.53. The zero-order valence-electron chi connectivity index (χ0n) is 13.5. The summed E-state index contributed by atoms with van der Waals surface area (Å²) >= 11 is 3.39. The molecule has 1 fully saturated rings. The van der Waals surface area contributed by atoms with Gasteiger partial charge in [-0.15, -0.1) is 0 Å². The highest BCUT2D eigenvalue weighted by Crippen LogP contribution is 2.16. The van der Waals surface area contributed by atoms with Gasteiger partial charge in [0.05, 0.1) is 6.04 Å². The van der Waals surface area contributed by atoms with Crippen LogP contribution in [0, 0.1) is 0 Å². The van der Waals surface area contributed by atoms with Crippen molar-refractivity contribution in [2.45, 2.75) is 13.0 Å². The van der Waals surface area contributed by atoms with Crippen molar-refractivity contribution in [3.05, 3.63) is 47.2 Å². The molecule has 0 aliphatic carbocycles. The molecule has 1 aromatic carbocycles. The number of hydrogen-bond acceptors (Lipinski definition) is 5. The molecule has 7 heteroatoms. The normalized spacial score (nSPS) is 16.7. The maximum absolute atomic E-state index is 12.4. The van der Waals surface area contributed by atoms with E-state index in [0.29, 0.717) is 0 Å². The standard InChI is InChI=1S/C17H20BrN5O/c1-13(16(24)21-15-5-3-14(18)4-6-15)22-9-11-23(12-10-22)17-19-7-2-8-20-17/h2-8,13H,9-12H2,1H3,(H,21,24). The molecule has 1 unspecified atom stereocenters. The highest BCUT2D eigenvalue weighted by atomic mass is 79.9. The van der Waals surface area contributed by atoms with E-state index in [-0.39, 0.29) is 11.9 Å². The van der Waals surface area contributed by atoms with Gasteiger partial charge in [0.1, 0.15) is 0 Å². The summed E-state index contributed by atoms with van der Waals surface area (Å²) in [5, 5.41) is 2.97. The van der Waals surface area contributed by atoms with Crippen LogP contribution < -0.4 is 10.2 Å². The Morgan fingerprint density at radius 3 is 2.38 bits per heavy atom. The van der Waals surface area contributed by atoms with Gasteiger partial charge in [-0.25, -0.2) is 9.97 Å². The minimum atomic E-state index is -0.174. The van der Waals surface area contributed by atoms with E-state index >= 15 is 0 Å². The van der Waals surface area contributed by atoms with Crippen LogP contribution in [0.15, 0.2) is 47.2 Å². The van der Waals surface area contributed by atoms with Gasteiger partial charge in [-0.3, -0.25) is 9.69 Å². The number of carbonyl (C=O) groups excluding carboxylic acids is 1. The summed E-state index contributed by atoms with van der Waals surface area (Å²) in [5.74, 6) is 0.769. The number of halogens is 1. The van der Waals surface area contributed by atoms with Crippen molar-refractivity contribution in [3.63, 3.8) is 0 Å². The molecule has 0 bridgehead atoms. The monoisotopic (exact) mass is 389 g/mol. The molecule has 2 heterocycles. The molecule has 3 rings (SSSR count). The second-order valence-corrected chi connectivity index (χ2v) is 6.66. The SMILES string of the molecule is CC(C(=O)Nc1ccc(Br)cc1)N1CCN(c2ncccn2)CC1. The van der Waals surface area contributed by atoms with E-state index in [0.717, 1.165) is 42.3 Å². The first-order chi connectivity index (χ1) is 11.6. The van der Waals surface area contributed by atoms with Crippen LogP contribution in [0.25, 0.3) is 0 Å². The van der Waals surface area contributed by atoms with Gasteiger partial charge in [-0.1, -0.05) is 15.9 Å². The van der Waals surface area contributed by atoms with Crippen molar-refractivity contribution < 1.29 is 4.79 Å². The number of piperazine rings is 1. The molecule has 1 aliphatic rings. The maximum Gasteiger partial charge on any atom is 0.241 e. The fraction of sp³-hybridized carbons (Fsp3) is 0.353. The number of benzene rings is 1. The van der Waals surface area contributed by atoms with Gasteiger partial charge in [0.2, 0.25) is 11.9 Å². The summed E-state index contributed by atoms with van der Waals surface area (Å²) in [6.45, 7) is 5.21. The number of amides is 1. The zero-order valence-corrected chi connectivity index (χ0v) is 15.1. The average Bonchev–Trinajstić information content (AvgIpc) is 2.64. The smallest absolute Gasteiger partial charge is 0.241 e. The van der Waals surface area contributed by atoms with Crippen LogP contribution >= 0.6 is 15.9 Å². The van der Waals surface area contributed by atoms with Crippen molar-refractivity contribution in [2.75, 3.05) is 36.4 Å². The summed E-state index contributed by atoms with van der Waals surface area (Å²) in [4.78, 5) is 25.3. The van der Waals surface area contributed by atoms with Crippen molar-refractivity contribution in [3.8, 4) is 0 Å². The molecular weight excluding hydrogens is 370 g/mol. The van der Waals surface area contributed by atoms with Crippen molar-refractivity contribution in [1.29, 1.82) is 0 Å². The van der Waals surface area contributed by atoms with Crippen LogP contribution in [0.5, 0.6) is 0 Å². The zero-order chi connectivity index (χ0) is 16.9. The largest absolute Gasteiger partial charge is 0.338 e. The van der Waals surface area contributed by atoms with Crippen LogP contribution in [0.4, 0.5) is 11.6 Å². The average molecular weight is 390 g/mol. The highest BCUT2D eigenvalue weighted by Gasteiger charge is 2.26. The van der Waals surface area contributed by atoms with Crippen molar-refractivity contribution in [1.82, 2.24) is 14.9 Å². The molecule has 6 nitrogen and oxygen atoms in total. The molecule has 0 radical (unpaired) electrons. The topological polar surface area (TPSA) is 61.4 Å².